The van der Waals surface area contributed by atoms with Gasteiger partial charge in [-0.05, 0) is 50.0 Å². The molecular weight excluding hydrogens is 294 g/mol. The van der Waals surface area contributed by atoms with Crippen LogP contribution in [0, 0.1) is 0 Å². The summed E-state index contributed by atoms with van der Waals surface area (Å²) in [5, 5.41) is 10.3. The summed E-state index contributed by atoms with van der Waals surface area (Å²) in [6.45, 7) is 5.56. The molecular formula is C18H29NO4. The van der Waals surface area contributed by atoms with E-state index in [1.54, 1.807) is 7.11 Å². The lowest BCUT2D eigenvalue weighted by molar-refractivity contribution is 0.0544. The number of rotatable bonds is 11. The maximum absolute atomic E-state index is 10.3. The van der Waals surface area contributed by atoms with E-state index in [2.05, 4.69) is 4.90 Å². The van der Waals surface area contributed by atoms with Crippen LogP contribution in [-0.4, -0.2) is 63.2 Å². The van der Waals surface area contributed by atoms with Crippen molar-refractivity contribution in [2.45, 2.75) is 25.4 Å². The summed E-state index contributed by atoms with van der Waals surface area (Å²) in [4.78, 5) is 2.42. The third-order valence-electron chi connectivity index (χ3n) is 4.11. The van der Waals surface area contributed by atoms with Crippen molar-refractivity contribution in [3.63, 3.8) is 0 Å². The summed E-state index contributed by atoms with van der Waals surface area (Å²) in [5.41, 5.74) is 0.952. The number of hydrogen-bond donors (Lipinski definition) is 1. The number of ether oxygens (including phenoxy) is 3. The normalized spacial score (nSPS) is 16.6. The molecule has 1 aliphatic rings. The molecule has 5 nitrogen and oxygen atoms in total. The van der Waals surface area contributed by atoms with Crippen molar-refractivity contribution < 1.29 is 19.3 Å². The van der Waals surface area contributed by atoms with E-state index in [4.69, 9.17) is 14.2 Å². The molecule has 0 bridgehead atoms. The van der Waals surface area contributed by atoms with Crippen LogP contribution in [0.15, 0.2) is 24.3 Å². The fourth-order valence-electron chi connectivity index (χ4n) is 2.73. The summed E-state index contributed by atoms with van der Waals surface area (Å²) in [5.74, 6) is 0.802. The highest BCUT2D eigenvalue weighted by Crippen LogP contribution is 2.21. The molecule has 1 aromatic carbocycles. The van der Waals surface area contributed by atoms with E-state index in [0.29, 0.717) is 26.4 Å². The molecule has 0 saturated carbocycles. The van der Waals surface area contributed by atoms with Crippen LogP contribution in [0.25, 0.3) is 0 Å². The van der Waals surface area contributed by atoms with Crippen molar-refractivity contribution in [1.82, 2.24) is 4.90 Å². The molecule has 0 unspecified atom stereocenters. The zero-order chi connectivity index (χ0) is 16.3. The molecule has 5 heteroatoms. The smallest absolute Gasteiger partial charge is 0.119 e. The van der Waals surface area contributed by atoms with Crippen LogP contribution in [0.5, 0.6) is 5.75 Å². The SMILES string of the molecule is COCCOCCOc1ccc([C@@H](O)CCN2CCCC2)cc1. The molecule has 130 valence electrons. The second-order valence-electron chi connectivity index (χ2n) is 5.88. The standard InChI is InChI=1S/C18H29NO4/c1-21-12-13-22-14-15-23-17-6-4-16(5-7-17)18(20)8-11-19-9-2-3-10-19/h4-7,18,20H,2-3,8-15H2,1H3/t18-/m0/s1. The van der Waals surface area contributed by atoms with Crippen molar-refractivity contribution in [3.05, 3.63) is 29.8 Å². The van der Waals surface area contributed by atoms with Gasteiger partial charge >= 0.3 is 0 Å². The summed E-state index contributed by atoms with van der Waals surface area (Å²) in [6.07, 6.45) is 2.96. The van der Waals surface area contributed by atoms with Crippen molar-refractivity contribution in [2.75, 3.05) is 53.2 Å². The Morgan fingerprint density at radius 1 is 1.04 bits per heavy atom. The Balaban J connectivity index is 1.64. The molecule has 1 N–H and O–H groups in total. The minimum absolute atomic E-state index is 0.401. The predicted octanol–water partition coefficient (Wildman–Crippen LogP) is 2.25. The van der Waals surface area contributed by atoms with Crippen LogP contribution in [0.1, 0.15) is 30.9 Å². The topological polar surface area (TPSA) is 51.2 Å². The molecule has 1 aromatic rings. The van der Waals surface area contributed by atoms with Gasteiger partial charge in [0.2, 0.25) is 0 Å². The molecule has 0 amide bonds. The van der Waals surface area contributed by atoms with E-state index < -0.39 is 6.10 Å². The molecule has 1 aliphatic heterocycles. The molecule has 2 rings (SSSR count). The number of nitrogens with zero attached hydrogens (tertiary/aromatic N) is 1. The Hall–Kier alpha value is -1.14. The van der Waals surface area contributed by atoms with Crippen molar-refractivity contribution in [1.29, 1.82) is 0 Å². The fraction of sp³-hybridized carbons (Fsp3) is 0.667. The molecule has 1 atom stereocenters. The second kappa shape index (κ2) is 10.6. The number of benzene rings is 1. The first-order valence-electron chi connectivity index (χ1n) is 8.49. The number of aliphatic hydroxyl groups excluding tert-OH is 1. The zero-order valence-corrected chi connectivity index (χ0v) is 14.1. The van der Waals surface area contributed by atoms with Gasteiger partial charge in [0.15, 0.2) is 0 Å². The average molecular weight is 323 g/mol. The Morgan fingerprint density at radius 3 is 2.43 bits per heavy atom. The summed E-state index contributed by atoms with van der Waals surface area (Å²) < 4.78 is 15.9. The summed E-state index contributed by atoms with van der Waals surface area (Å²) in [6, 6.07) is 7.69. The van der Waals surface area contributed by atoms with Crippen molar-refractivity contribution in [3.8, 4) is 5.75 Å². The lowest BCUT2D eigenvalue weighted by atomic mass is 10.1. The minimum Gasteiger partial charge on any atom is -0.491 e. The van der Waals surface area contributed by atoms with E-state index in [1.165, 1.54) is 25.9 Å². The van der Waals surface area contributed by atoms with Gasteiger partial charge in [0.25, 0.3) is 0 Å². The highest BCUT2D eigenvalue weighted by atomic mass is 16.5. The van der Waals surface area contributed by atoms with E-state index in [9.17, 15) is 5.11 Å². The molecule has 23 heavy (non-hydrogen) atoms. The first-order valence-corrected chi connectivity index (χ1v) is 8.49. The molecule has 1 fully saturated rings. The lowest BCUT2D eigenvalue weighted by Crippen LogP contribution is -2.22. The monoisotopic (exact) mass is 323 g/mol. The molecule has 0 aliphatic carbocycles. The van der Waals surface area contributed by atoms with Gasteiger partial charge in [-0.25, -0.2) is 0 Å². The first-order chi connectivity index (χ1) is 11.3. The van der Waals surface area contributed by atoms with Crippen molar-refractivity contribution >= 4 is 0 Å². The van der Waals surface area contributed by atoms with E-state index in [0.717, 1.165) is 24.3 Å². The quantitative estimate of drug-likeness (QED) is 0.633. The fourth-order valence-corrected chi connectivity index (χ4v) is 2.73. The lowest BCUT2D eigenvalue weighted by Gasteiger charge is -2.18. The summed E-state index contributed by atoms with van der Waals surface area (Å²) in [7, 11) is 1.65. The first kappa shape index (κ1) is 18.2. The Kier molecular flexibility index (Phi) is 8.39. The van der Waals surface area contributed by atoms with Crippen LogP contribution in [0.4, 0.5) is 0 Å². The van der Waals surface area contributed by atoms with Gasteiger partial charge in [0.1, 0.15) is 12.4 Å². The van der Waals surface area contributed by atoms with Crippen molar-refractivity contribution in [2.24, 2.45) is 0 Å². The highest BCUT2D eigenvalue weighted by Gasteiger charge is 2.14. The van der Waals surface area contributed by atoms with Gasteiger partial charge in [-0.2, -0.15) is 0 Å². The van der Waals surface area contributed by atoms with E-state index in [-0.39, 0.29) is 0 Å². The predicted molar refractivity (Wildman–Crippen MR) is 89.9 cm³/mol. The van der Waals surface area contributed by atoms with Gasteiger partial charge in [0.05, 0.1) is 25.9 Å². The number of hydrogen-bond acceptors (Lipinski definition) is 5. The van der Waals surface area contributed by atoms with Crippen LogP contribution >= 0.6 is 0 Å². The molecule has 1 saturated heterocycles. The van der Waals surface area contributed by atoms with Crippen LogP contribution in [0.2, 0.25) is 0 Å². The Morgan fingerprint density at radius 2 is 1.74 bits per heavy atom. The average Bonchev–Trinajstić information content (AvgIpc) is 3.10. The third-order valence-corrected chi connectivity index (χ3v) is 4.11. The molecule has 0 spiro atoms. The molecule has 1 heterocycles. The van der Waals surface area contributed by atoms with E-state index >= 15 is 0 Å². The largest absolute Gasteiger partial charge is 0.491 e. The molecule has 0 radical (unpaired) electrons. The number of aliphatic hydroxyl groups is 1. The van der Waals surface area contributed by atoms with E-state index in [1.807, 2.05) is 24.3 Å². The maximum atomic E-state index is 10.3. The van der Waals surface area contributed by atoms with Crippen LogP contribution in [0.3, 0.4) is 0 Å². The van der Waals surface area contributed by atoms with Crippen LogP contribution < -0.4 is 4.74 Å². The van der Waals surface area contributed by atoms with Gasteiger partial charge in [-0.15, -0.1) is 0 Å². The maximum Gasteiger partial charge on any atom is 0.119 e. The van der Waals surface area contributed by atoms with Gasteiger partial charge in [-0.3, -0.25) is 0 Å². The third kappa shape index (κ3) is 6.87. The number of likely N-dealkylation sites (tertiary alicyclic amines) is 1. The van der Waals surface area contributed by atoms with Gasteiger partial charge in [0, 0.05) is 13.7 Å². The number of methoxy groups -OCH3 is 1. The minimum atomic E-state index is -0.401. The Bertz CT molecular complexity index is 418. The summed E-state index contributed by atoms with van der Waals surface area (Å²) >= 11 is 0. The zero-order valence-electron chi connectivity index (χ0n) is 14.1. The molecule has 0 aromatic heterocycles. The van der Waals surface area contributed by atoms with Gasteiger partial charge < -0.3 is 24.2 Å². The van der Waals surface area contributed by atoms with Gasteiger partial charge in [-0.1, -0.05) is 12.1 Å². The highest BCUT2D eigenvalue weighted by molar-refractivity contribution is 5.28. The Labute approximate surface area is 139 Å². The second-order valence-corrected chi connectivity index (χ2v) is 5.88. The van der Waals surface area contributed by atoms with Crippen LogP contribution in [-0.2, 0) is 9.47 Å².